The third kappa shape index (κ3) is 9.47. The minimum absolute atomic E-state index is 0.750. The summed E-state index contributed by atoms with van der Waals surface area (Å²) in [6, 6.07) is 0. The highest BCUT2D eigenvalue weighted by atomic mass is 16.1. The van der Waals surface area contributed by atoms with Crippen molar-refractivity contribution in [3.8, 4) is 0 Å². The normalized spacial score (nSPS) is 16.2. The van der Waals surface area contributed by atoms with Crippen LogP contribution in [0.5, 0.6) is 0 Å². The van der Waals surface area contributed by atoms with E-state index in [4.69, 9.17) is 0 Å². The average Bonchev–Trinajstić information content (AvgIpc) is 2.09. The summed E-state index contributed by atoms with van der Waals surface area (Å²) < 4.78 is 0. The van der Waals surface area contributed by atoms with E-state index in [1.807, 2.05) is 0 Å². The van der Waals surface area contributed by atoms with Crippen LogP contribution in [-0.4, -0.2) is 25.4 Å². The second kappa shape index (κ2) is 7.58. The van der Waals surface area contributed by atoms with Gasteiger partial charge in [0.2, 0.25) is 6.41 Å². The van der Waals surface area contributed by atoms with Crippen LogP contribution in [0.3, 0.4) is 0 Å². The second-order valence-corrected chi connectivity index (χ2v) is 3.19. The largest absolute Gasteiger partial charge is 0.351 e. The first-order valence-electron chi connectivity index (χ1n) is 4.39. The molecule has 66 valence electrons. The van der Waals surface area contributed by atoms with E-state index in [0.29, 0.717) is 0 Å². The van der Waals surface area contributed by atoms with Gasteiger partial charge in [0.25, 0.3) is 0 Å². The van der Waals surface area contributed by atoms with Gasteiger partial charge >= 0.3 is 0 Å². The highest BCUT2D eigenvalue weighted by Gasteiger charge is 1.95. The van der Waals surface area contributed by atoms with Gasteiger partial charge in [0.05, 0.1) is 0 Å². The van der Waals surface area contributed by atoms with Crippen molar-refractivity contribution in [3.63, 3.8) is 0 Å². The fraction of sp³-hybridized carbons (Fsp3) is 0.889. The maximum Gasteiger partial charge on any atom is 0.209 e. The molecule has 0 aromatic carbocycles. The van der Waals surface area contributed by atoms with E-state index >= 15 is 0 Å². The zero-order valence-electron chi connectivity index (χ0n) is 7.68. The maximum atomic E-state index is 9.43. The number of nitrogens with zero attached hydrogens (tertiary/aromatic N) is 1. The molecular formula is C9H19NO. The van der Waals surface area contributed by atoms with Gasteiger partial charge in [-0.05, 0) is 0 Å². The van der Waals surface area contributed by atoms with E-state index in [-0.39, 0.29) is 0 Å². The summed E-state index contributed by atoms with van der Waals surface area (Å²) >= 11 is 0. The Morgan fingerprint density at radius 3 is 1.18 bits per heavy atom. The highest BCUT2D eigenvalue weighted by Crippen LogP contribution is 2.15. The smallest absolute Gasteiger partial charge is 0.209 e. The molecule has 0 aliphatic heterocycles. The van der Waals surface area contributed by atoms with Gasteiger partial charge in [-0.25, -0.2) is 0 Å². The molecule has 0 heterocycles. The van der Waals surface area contributed by atoms with E-state index in [2.05, 4.69) is 0 Å². The second-order valence-electron chi connectivity index (χ2n) is 3.19. The van der Waals surface area contributed by atoms with Crippen molar-refractivity contribution in [1.82, 2.24) is 4.90 Å². The molecule has 1 amide bonds. The van der Waals surface area contributed by atoms with Gasteiger partial charge in [0, 0.05) is 14.1 Å². The molecule has 1 aliphatic rings. The summed E-state index contributed by atoms with van der Waals surface area (Å²) in [6.07, 6.45) is 9.75. The molecule has 0 saturated heterocycles. The Morgan fingerprint density at radius 1 is 0.909 bits per heavy atom. The highest BCUT2D eigenvalue weighted by molar-refractivity contribution is 5.45. The summed E-state index contributed by atoms with van der Waals surface area (Å²) in [5, 5.41) is 0. The molecule has 0 N–H and O–H groups in total. The van der Waals surface area contributed by atoms with Gasteiger partial charge in [-0.2, -0.15) is 0 Å². The molecule has 2 nitrogen and oxygen atoms in total. The summed E-state index contributed by atoms with van der Waals surface area (Å²) in [5.41, 5.74) is 0. The predicted octanol–water partition coefficient (Wildman–Crippen LogP) is 2.04. The Hall–Kier alpha value is -0.530. The monoisotopic (exact) mass is 157 g/mol. The summed E-state index contributed by atoms with van der Waals surface area (Å²) in [5.74, 6) is 0. The van der Waals surface area contributed by atoms with Gasteiger partial charge < -0.3 is 4.90 Å². The lowest BCUT2D eigenvalue weighted by molar-refractivity contribution is -0.115. The Bertz CT molecular complexity index is 76.1. The van der Waals surface area contributed by atoms with Gasteiger partial charge in [-0.1, -0.05) is 38.5 Å². The SMILES string of the molecule is C1CCCCC1.CN(C)C=O. The predicted molar refractivity (Wildman–Crippen MR) is 47.5 cm³/mol. The standard InChI is InChI=1S/C6H12.C3H7NO/c1-2-4-6-5-3-1;1-4(2)3-5/h1-6H2;3H,1-2H3. The van der Waals surface area contributed by atoms with Crippen LogP contribution in [0.15, 0.2) is 0 Å². The first-order chi connectivity index (χ1) is 5.27. The zero-order chi connectivity index (χ0) is 8.53. The summed E-state index contributed by atoms with van der Waals surface area (Å²) in [4.78, 5) is 10.9. The number of carbonyl (C=O) groups is 1. The van der Waals surface area contributed by atoms with Crippen molar-refractivity contribution < 1.29 is 4.79 Å². The molecule has 1 saturated carbocycles. The first-order valence-corrected chi connectivity index (χ1v) is 4.39. The van der Waals surface area contributed by atoms with E-state index in [9.17, 15) is 4.79 Å². The van der Waals surface area contributed by atoms with Crippen LogP contribution in [0.25, 0.3) is 0 Å². The van der Waals surface area contributed by atoms with Crippen LogP contribution in [-0.2, 0) is 4.79 Å². The Labute approximate surface area is 69.6 Å². The third-order valence-electron chi connectivity index (χ3n) is 1.71. The van der Waals surface area contributed by atoms with Gasteiger partial charge in [-0.15, -0.1) is 0 Å². The summed E-state index contributed by atoms with van der Waals surface area (Å²) in [7, 11) is 3.38. The van der Waals surface area contributed by atoms with Crippen LogP contribution in [0.4, 0.5) is 0 Å². The molecular weight excluding hydrogens is 138 g/mol. The average molecular weight is 157 g/mol. The third-order valence-corrected chi connectivity index (χ3v) is 1.71. The van der Waals surface area contributed by atoms with Crippen LogP contribution >= 0.6 is 0 Å². The lowest BCUT2D eigenvalue weighted by atomic mass is 10.0. The van der Waals surface area contributed by atoms with E-state index in [1.165, 1.54) is 43.4 Å². The molecule has 0 atom stereocenters. The van der Waals surface area contributed by atoms with Crippen LogP contribution in [0.2, 0.25) is 0 Å². The van der Waals surface area contributed by atoms with Crippen LogP contribution in [0, 0.1) is 0 Å². The van der Waals surface area contributed by atoms with Crippen molar-refractivity contribution in [2.75, 3.05) is 14.1 Å². The summed E-state index contributed by atoms with van der Waals surface area (Å²) in [6.45, 7) is 0. The zero-order valence-corrected chi connectivity index (χ0v) is 7.68. The number of hydrogen-bond acceptors (Lipinski definition) is 1. The molecule has 0 unspecified atom stereocenters. The minimum Gasteiger partial charge on any atom is -0.351 e. The number of hydrogen-bond donors (Lipinski definition) is 0. The molecule has 0 spiro atoms. The molecule has 1 fully saturated rings. The molecule has 1 aliphatic carbocycles. The Kier molecular flexibility index (Phi) is 7.21. The molecule has 0 bridgehead atoms. The molecule has 0 radical (unpaired) electrons. The number of amides is 1. The number of carbonyl (C=O) groups excluding carboxylic acids is 1. The fourth-order valence-corrected chi connectivity index (χ4v) is 1.06. The maximum absolute atomic E-state index is 9.43. The van der Waals surface area contributed by atoms with Gasteiger partial charge in [0.1, 0.15) is 0 Å². The molecule has 2 heteroatoms. The van der Waals surface area contributed by atoms with E-state index < -0.39 is 0 Å². The van der Waals surface area contributed by atoms with Crippen LogP contribution in [0.1, 0.15) is 38.5 Å². The lowest BCUT2D eigenvalue weighted by Gasteiger charge is -2.05. The van der Waals surface area contributed by atoms with E-state index in [1.54, 1.807) is 14.1 Å². The molecule has 1 rings (SSSR count). The number of rotatable bonds is 1. The van der Waals surface area contributed by atoms with Crippen molar-refractivity contribution in [3.05, 3.63) is 0 Å². The van der Waals surface area contributed by atoms with E-state index in [0.717, 1.165) is 6.41 Å². The van der Waals surface area contributed by atoms with Gasteiger partial charge in [-0.3, -0.25) is 4.79 Å². The Morgan fingerprint density at radius 2 is 1.09 bits per heavy atom. The molecule has 11 heavy (non-hydrogen) atoms. The lowest BCUT2D eigenvalue weighted by Crippen LogP contribution is -2.06. The van der Waals surface area contributed by atoms with Crippen molar-refractivity contribution >= 4 is 6.41 Å². The minimum atomic E-state index is 0.750. The molecule has 0 aromatic heterocycles. The quantitative estimate of drug-likeness (QED) is 0.533. The topological polar surface area (TPSA) is 20.3 Å². The van der Waals surface area contributed by atoms with Gasteiger partial charge in [0.15, 0.2) is 0 Å². The van der Waals surface area contributed by atoms with Crippen molar-refractivity contribution in [2.24, 2.45) is 0 Å². The molecule has 0 aromatic rings. The first kappa shape index (κ1) is 10.5. The van der Waals surface area contributed by atoms with Crippen molar-refractivity contribution in [2.45, 2.75) is 38.5 Å². The van der Waals surface area contributed by atoms with Crippen molar-refractivity contribution in [1.29, 1.82) is 0 Å². The Balaban J connectivity index is 0.000000187. The fourth-order valence-electron chi connectivity index (χ4n) is 1.06. The van der Waals surface area contributed by atoms with Crippen LogP contribution < -0.4 is 0 Å².